The summed E-state index contributed by atoms with van der Waals surface area (Å²) in [5, 5.41) is 3.46. The lowest BCUT2D eigenvalue weighted by Crippen LogP contribution is -2.40. The van der Waals surface area contributed by atoms with Crippen LogP contribution in [-0.2, 0) is 4.74 Å². The van der Waals surface area contributed by atoms with E-state index < -0.39 is 0 Å². The molecule has 1 N–H and O–H groups in total. The smallest absolute Gasteiger partial charge is 0.132 e. The van der Waals surface area contributed by atoms with Crippen LogP contribution in [0, 0.1) is 12.8 Å². The van der Waals surface area contributed by atoms with Gasteiger partial charge in [-0.1, -0.05) is 0 Å². The fourth-order valence-corrected chi connectivity index (χ4v) is 2.54. The van der Waals surface area contributed by atoms with Gasteiger partial charge >= 0.3 is 0 Å². The standard InChI is InChI=1S/C14H24N4O/c1-12-16-6-5-14(17-12)18-8-3-4-13(11-18)10-15-7-9-19-2/h5-6,13,15H,3-4,7-11H2,1-2H3. The molecular weight excluding hydrogens is 240 g/mol. The Morgan fingerprint density at radius 1 is 1.53 bits per heavy atom. The topological polar surface area (TPSA) is 50.3 Å². The van der Waals surface area contributed by atoms with Crippen LogP contribution in [0.4, 0.5) is 5.82 Å². The Hall–Kier alpha value is -1.20. The van der Waals surface area contributed by atoms with E-state index in [1.807, 2.05) is 19.2 Å². The zero-order valence-electron chi connectivity index (χ0n) is 11.9. The minimum absolute atomic E-state index is 0.695. The van der Waals surface area contributed by atoms with Gasteiger partial charge in [0.1, 0.15) is 11.6 Å². The zero-order chi connectivity index (χ0) is 13.5. The Balaban J connectivity index is 1.83. The first kappa shape index (κ1) is 14.2. The van der Waals surface area contributed by atoms with Crippen molar-refractivity contribution in [1.29, 1.82) is 0 Å². The number of hydrogen-bond acceptors (Lipinski definition) is 5. The minimum atomic E-state index is 0.695. The van der Waals surface area contributed by atoms with Gasteiger partial charge < -0.3 is 15.0 Å². The average molecular weight is 264 g/mol. The number of nitrogens with one attached hydrogen (secondary N) is 1. The largest absolute Gasteiger partial charge is 0.383 e. The van der Waals surface area contributed by atoms with E-state index in [0.717, 1.165) is 44.4 Å². The number of rotatable bonds is 6. The fourth-order valence-electron chi connectivity index (χ4n) is 2.54. The van der Waals surface area contributed by atoms with Crippen molar-refractivity contribution < 1.29 is 4.74 Å². The van der Waals surface area contributed by atoms with E-state index in [2.05, 4.69) is 20.2 Å². The van der Waals surface area contributed by atoms with Crippen molar-refractivity contribution in [3.63, 3.8) is 0 Å². The van der Waals surface area contributed by atoms with Crippen molar-refractivity contribution >= 4 is 5.82 Å². The van der Waals surface area contributed by atoms with Crippen LogP contribution in [-0.4, -0.2) is 49.9 Å². The third kappa shape index (κ3) is 4.44. The van der Waals surface area contributed by atoms with E-state index in [-0.39, 0.29) is 0 Å². The summed E-state index contributed by atoms with van der Waals surface area (Å²) in [6, 6.07) is 2.01. The Morgan fingerprint density at radius 2 is 2.42 bits per heavy atom. The van der Waals surface area contributed by atoms with Crippen molar-refractivity contribution in [3.05, 3.63) is 18.1 Å². The van der Waals surface area contributed by atoms with Gasteiger partial charge in [0, 0.05) is 32.9 Å². The summed E-state index contributed by atoms with van der Waals surface area (Å²) < 4.78 is 5.04. The van der Waals surface area contributed by atoms with Gasteiger partial charge in [-0.05, 0) is 38.3 Å². The molecule has 0 aliphatic carbocycles. The molecule has 1 fully saturated rings. The Bertz CT molecular complexity index is 385. The molecule has 0 spiro atoms. The molecule has 1 unspecified atom stereocenters. The van der Waals surface area contributed by atoms with Gasteiger partial charge in [-0.3, -0.25) is 0 Å². The fraction of sp³-hybridized carbons (Fsp3) is 0.714. The summed E-state index contributed by atoms with van der Waals surface area (Å²) in [5.41, 5.74) is 0. The molecule has 2 heterocycles. The van der Waals surface area contributed by atoms with Gasteiger partial charge in [0.25, 0.3) is 0 Å². The van der Waals surface area contributed by atoms with E-state index in [0.29, 0.717) is 5.92 Å². The lowest BCUT2D eigenvalue weighted by Gasteiger charge is -2.33. The number of anilines is 1. The predicted molar refractivity (Wildman–Crippen MR) is 76.5 cm³/mol. The molecule has 1 aromatic rings. The molecule has 0 saturated carbocycles. The minimum Gasteiger partial charge on any atom is -0.383 e. The van der Waals surface area contributed by atoms with E-state index in [1.165, 1.54) is 12.8 Å². The van der Waals surface area contributed by atoms with Gasteiger partial charge in [-0.25, -0.2) is 9.97 Å². The number of aromatic nitrogens is 2. The molecule has 1 aliphatic heterocycles. The first-order valence-corrected chi connectivity index (χ1v) is 7.04. The highest BCUT2D eigenvalue weighted by atomic mass is 16.5. The van der Waals surface area contributed by atoms with E-state index in [4.69, 9.17) is 4.74 Å². The molecule has 1 aromatic heterocycles. The van der Waals surface area contributed by atoms with Gasteiger partial charge in [0.2, 0.25) is 0 Å². The molecule has 1 atom stereocenters. The zero-order valence-corrected chi connectivity index (χ0v) is 11.9. The van der Waals surface area contributed by atoms with Crippen LogP contribution in [0.1, 0.15) is 18.7 Å². The number of ether oxygens (including phenoxy) is 1. The second kappa shape index (κ2) is 7.40. The summed E-state index contributed by atoms with van der Waals surface area (Å²) in [5.74, 6) is 2.60. The number of hydrogen-bond donors (Lipinski definition) is 1. The third-order valence-corrected chi connectivity index (χ3v) is 3.52. The van der Waals surface area contributed by atoms with Crippen LogP contribution in [0.3, 0.4) is 0 Å². The lowest BCUT2D eigenvalue weighted by atomic mass is 9.98. The lowest BCUT2D eigenvalue weighted by molar-refractivity contribution is 0.197. The summed E-state index contributed by atoms with van der Waals surface area (Å²) in [4.78, 5) is 11.1. The predicted octanol–water partition coefficient (Wildman–Crippen LogP) is 1.24. The Labute approximate surface area is 115 Å². The molecular formula is C14H24N4O. The molecule has 5 heteroatoms. The number of nitrogens with zero attached hydrogens (tertiary/aromatic N) is 3. The highest BCUT2D eigenvalue weighted by Crippen LogP contribution is 2.20. The van der Waals surface area contributed by atoms with Gasteiger partial charge in [0.05, 0.1) is 6.61 Å². The Kier molecular flexibility index (Phi) is 5.54. The van der Waals surface area contributed by atoms with Crippen molar-refractivity contribution in [2.75, 3.05) is 44.8 Å². The summed E-state index contributed by atoms with van der Waals surface area (Å²) >= 11 is 0. The molecule has 1 aliphatic rings. The van der Waals surface area contributed by atoms with Crippen LogP contribution < -0.4 is 10.2 Å². The van der Waals surface area contributed by atoms with Crippen LogP contribution in [0.15, 0.2) is 12.3 Å². The highest BCUT2D eigenvalue weighted by Gasteiger charge is 2.20. The maximum absolute atomic E-state index is 5.04. The summed E-state index contributed by atoms with van der Waals surface area (Å²) in [7, 11) is 1.74. The second-order valence-corrected chi connectivity index (χ2v) is 5.11. The third-order valence-electron chi connectivity index (χ3n) is 3.52. The molecule has 0 amide bonds. The molecule has 19 heavy (non-hydrogen) atoms. The van der Waals surface area contributed by atoms with Crippen molar-refractivity contribution in [2.24, 2.45) is 5.92 Å². The van der Waals surface area contributed by atoms with Crippen molar-refractivity contribution in [1.82, 2.24) is 15.3 Å². The summed E-state index contributed by atoms with van der Waals surface area (Å²) in [6.07, 6.45) is 4.37. The van der Waals surface area contributed by atoms with Gasteiger partial charge in [-0.15, -0.1) is 0 Å². The monoisotopic (exact) mass is 264 g/mol. The molecule has 106 valence electrons. The number of aryl methyl sites for hydroxylation is 1. The maximum Gasteiger partial charge on any atom is 0.132 e. The first-order valence-electron chi connectivity index (χ1n) is 7.04. The van der Waals surface area contributed by atoms with Gasteiger partial charge in [-0.2, -0.15) is 0 Å². The second-order valence-electron chi connectivity index (χ2n) is 5.11. The molecule has 5 nitrogen and oxygen atoms in total. The van der Waals surface area contributed by atoms with Crippen LogP contribution >= 0.6 is 0 Å². The molecule has 0 radical (unpaired) electrons. The van der Waals surface area contributed by atoms with E-state index in [9.17, 15) is 0 Å². The number of methoxy groups -OCH3 is 1. The van der Waals surface area contributed by atoms with Crippen molar-refractivity contribution in [2.45, 2.75) is 19.8 Å². The van der Waals surface area contributed by atoms with E-state index >= 15 is 0 Å². The Morgan fingerprint density at radius 3 is 3.21 bits per heavy atom. The van der Waals surface area contributed by atoms with Crippen molar-refractivity contribution in [3.8, 4) is 0 Å². The normalized spacial score (nSPS) is 19.7. The van der Waals surface area contributed by atoms with Crippen LogP contribution in [0.5, 0.6) is 0 Å². The molecule has 0 aromatic carbocycles. The molecule has 1 saturated heterocycles. The average Bonchev–Trinajstić information content (AvgIpc) is 2.44. The number of piperidine rings is 1. The van der Waals surface area contributed by atoms with Gasteiger partial charge in [0.15, 0.2) is 0 Å². The summed E-state index contributed by atoms with van der Waals surface area (Å²) in [6.45, 7) is 6.89. The quantitative estimate of drug-likeness (QED) is 0.783. The van der Waals surface area contributed by atoms with E-state index in [1.54, 1.807) is 7.11 Å². The maximum atomic E-state index is 5.04. The first-order chi connectivity index (χ1) is 9.29. The molecule has 2 rings (SSSR count). The highest BCUT2D eigenvalue weighted by molar-refractivity contribution is 5.37. The SMILES string of the molecule is COCCNCC1CCCN(c2ccnc(C)n2)C1. The van der Waals surface area contributed by atoms with Crippen LogP contribution in [0.25, 0.3) is 0 Å². The van der Waals surface area contributed by atoms with Crippen LogP contribution in [0.2, 0.25) is 0 Å². The molecule has 0 bridgehead atoms.